The number of halogens is 3. The Kier molecular flexibility index (Phi) is 4.10. The Balaban J connectivity index is 2.58. The molecule has 1 nitrogen and oxygen atoms in total. The van der Waals surface area contributed by atoms with Gasteiger partial charge in [0.15, 0.2) is 5.78 Å². The van der Waals surface area contributed by atoms with E-state index in [0.717, 1.165) is 5.56 Å². The molecule has 0 aliphatic rings. The van der Waals surface area contributed by atoms with Crippen molar-refractivity contribution in [2.24, 2.45) is 0 Å². The van der Waals surface area contributed by atoms with Gasteiger partial charge < -0.3 is 0 Å². The fourth-order valence-electron chi connectivity index (χ4n) is 1.69. The quantitative estimate of drug-likeness (QED) is 0.676. The number of ketones is 1. The molecule has 0 spiro atoms. The lowest BCUT2D eigenvalue weighted by molar-refractivity contribution is 0.103. The molecule has 2 aromatic rings. The number of carbonyl (C=O) groups excluding carboxylic acids is 1. The summed E-state index contributed by atoms with van der Waals surface area (Å²) in [5, 5.41) is 0.959. The van der Waals surface area contributed by atoms with Crippen molar-refractivity contribution in [1.29, 1.82) is 0 Å². The largest absolute Gasteiger partial charge is 0.289 e. The van der Waals surface area contributed by atoms with Crippen LogP contribution in [0.15, 0.2) is 40.9 Å². The van der Waals surface area contributed by atoms with Gasteiger partial charge in [-0.1, -0.05) is 35.3 Å². The highest BCUT2D eigenvalue weighted by atomic mass is 79.9. The topological polar surface area (TPSA) is 17.1 Å². The van der Waals surface area contributed by atoms with Crippen LogP contribution in [0.5, 0.6) is 0 Å². The van der Waals surface area contributed by atoms with Crippen LogP contribution in [0.25, 0.3) is 0 Å². The van der Waals surface area contributed by atoms with Crippen molar-refractivity contribution in [2.75, 3.05) is 0 Å². The first-order chi connectivity index (χ1) is 8.50. The molecule has 0 aliphatic carbocycles. The molecule has 0 unspecified atom stereocenters. The summed E-state index contributed by atoms with van der Waals surface area (Å²) in [7, 11) is 0. The Morgan fingerprint density at radius 1 is 1.17 bits per heavy atom. The molecule has 0 atom stereocenters. The minimum atomic E-state index is -0.132. The lowest BCUT2D eigenvalue weighted by Gasteiger charge is -2.09. The van der Waals surface area contributed by atoms with Crippen molar-refractivity contribution >= 4 is 44.9 Å². The van der Waals surface area contributed by atoms with Gasteiger partial charge in [0.05, 0.1) is 10.6 Å². The number of hydrogen-bond donors (Lipinski definition) is 0. The van der Waals surface area contributed by atoms with Crippen molar-refractivity contribution in [2.45, 2.75) is 6.92 Å². The fraction of sp³-hybridized carbons (Fsp3) is 0.0714. The minimum Gasteiger partial charge on any atom is -0.289 e. The SMILES string of the molecule is Cc1ccc(Cl)cc1C(=O)c1c(Cl)cccc1Br. The molecule has 0 N–H and O–H groups in total. The van der Waals surface area contributed by atoms with Gasteiger partial charge in [-0.3, -0.25) is 4.79 Å². The molecule has 0 aliphatic heterocycles. The predicted octanol–water partition coefficient (Wildman–Crippen LogP) is 5.30. The van der Waals surface area contributed by atoms with E-state index in [0.29, 0.717) is 25.6 Å². The molecule has 0 saturated heterocycles. The van der Waals surface area contributed by atoms with Crippen LogP contribution in [0.1, 0.15) is 21.5 Å². The highest BCUT2D eigenvalue weighted by Crippen LogP contribution is 2.29. The van der Waals surface area contributed by atoms with Crippen LogP contribution in [-0.4, -0.2) is 5.78 Å². The molecule has 4 heteroatoms. The van der Waals surface area contributed by atoms with Gasteiger partial charge in [0.25, 0.3) is 0 Å². The van der Waals surface area contributed by atoms with E-state index in [4.69, 9.17) is 23.2 Å². The van der Waals surface area contributed by atoms with E-state index in [2.05, 4.69) is 15.9 Å². The van der Waals surface area contributed by atoms with E-state index in [1.165, 1.54) is 0 Å². The van der Waals surface area contributed by atoms with E-state index in [-0.39, 0.29) is 5.78 Å². The summed E-state index contributed by atoms with van der Waals surface area (Å²) in [6.07, 6.45) is 0. The van der Waals surface area contributed by atoms with E-state index in [9.17, 15) is 4.79 Å². The van der Waals surface area contributed by atoms with Crippen molar-refractivity contribution < 1.29 is 4.79 Å². The zero-order valence-corrected chi connectivity index (χ0v) is 12.6. The Hall–Kier alpha value is -0.830. The number of rotatable bonds is 2. The molecule has 18 heavy (non-hydrogen) atoms. The Morgan fingerprint density at radius 3 is 2.56 bits per heavy atom. The number of benzene rings is 2. The smallest absolute Gasteiger partial charge is 0.195 e. The van der Waals surface area contributed by atoms with Gasteiger partial charge in [0, 0.05) is 15.1 Å². The van der Waals surface area contributed by atoms with Crippen LogP contribution in [-0.2, 0) is 0 Å². The average molecular weight is 344 g/mol. The lowest BCUT2D eigenvalue weighted by atomic mass is 9.99. The minimum absolute atomic E-state index is 0.132. The third-order valence-electron chi connectivity index (χ3n) is 2.63. The third kappa shape index (κ3) is 2.61. The molecule has 0 aromatic heterocycles. The van der Waals surface area contributed by atoms with Gasteiger partial charge in [-0.25, -0.2) is 0 Å². The summed E-state index contributed by atoms with van der Waals surface area (Å²) in [6.45, 7) is 1.87. The van der Waals surface area contributed by atoms with E-state index >= 15 is 0 Å². The molecule has 0 heterocycles. The first-order valence-electron chi connectivity index (χ1n) is 5.25. The fourth-order valence-corrected chi connectivity index (χ4v) is 2.78. The highest BCUT2D eigenvalue weighted by molar-refractivity contribution is 9.10. The van der Waals surface area contributed by atoms with Gasteiger partial charge >= 0.3 is 0 Å². The molecule has 0 amide bonds. The molecular formula is C14H9BrCl2O. The third-order valence-corrected chi connectivity index (χ3v) is 3.84. The molecule has 92 valence electrons. The number of carbonyl (C=O) groups is 1. The van der Waals surface area contributed by atoms with Crippen LogP contribution < -0.4 is 0 Å². The number of hydrogen-bond acceptors (Lipinski definition) is 1. The first kappa shape index (κ1) is 13.6. The van der Waals surface area contributed by atoms with Crippen molar-refractivity contribution in [3.63, 3.8) is 0 Å². The van der Waals surface area contributed by atoms with E-state index in [1.807, 2.05) is 13.0 Å². The molecule has 0 saturated carbocycles. The second-order valence-corrected chi connectivity index (χ2v) is 5.58. The molecule has 2 aromatic carbocycles. The summed E-state index contributed by atoms with van der Waals surface area (Å²) in [4.78, 5) is 12.5. The predicted molar refractivity (Wildman–Crippen MR) is 78.8 cm³/mol. The normalized spacial score (nSPS) is 10.4. The van der Waals surface area contributed by atoms with Crippen LogP contribution in [0.3, 0.4) is 0 Å². The zero-order chi connectivity index (χ0) is 13.3. The Morgan fingerprint density at radius 2 is 1.89 bits per heavy atom. The van der Waals surface area contributed by atoms with Crippen LogP contribution in [0.2, 0.25) is 10.0 Å². The van der Waals surface area contributed by atoms with Crippen LogP contribution in [0, 0.1) is 6.92 Å². The maximum atomic E-state index is 12.5. The van der Waals surface area contributed by atoms with Gasteiger partial charge in [-0.05, 0) is 52.7 Å². The van der Waals surface area contributed by atoms with Crippen molar-refractivity contribution in [3.05, 3.63) is 67.6 Å². The van der Waals surface area contributed by atoms with Gasteiger partial charge in [-0.15, -0.1) is 0 Å². The molecule has 0 radical (unpaired) electrons. The van der Waals surface area contributed by atoms with Gasteiger partial charge in [0.2, 0.25) is 0 Å². The second kappa shape index (κ2) is 5.43. The molecule has 0 bridgehead atoms. The number of aryl methyl sites for hydroxylation is 1. The average Bonchev–Trinajstić information content (AvgIpc) is 2.32. The molecule has 0 fully saturated rings. The summed E-state index contributed by atoms with van der Waals surface area (Å²) in [6, 6.07) is 10.5. The van der Waals surface area contributed by atoms with Crippen LogP contribution in [0.4, 0.5) is 0 Å². The maximum absolute atomic E-state index is 12.5. The summed E-state index contributed by atoms with van der Waals surface area (Å²) in [5.41, 5.74) is 1.90. The van der Waals surface area contributed by atoms with Crippen molar-refractivity contribution in [1.82, 2.24) is 0 Å². The van der Waals surface area contributed by atoms with E-state index < -0.39 is 0 Å². The Bertz CT molecular complexity index is 603. The van der Waals surface area contributed by atoms with Crippen molar-refractivity contribution in [3.8, 4) is 0 Å². The molecular weight excluding hydrogens is 335 g/mol. The summed E-state index contributed by atoms with van der Waals surface area (Å²) >= 11 is 15.4. The van der Waals surface area contributed by atoms with E-state index in [1.54, 1.807) is 30.3 Å². The standard InChI is InChI=1S/C14H9BrCl2O/c1-8-5-6-9(16)7-10(8)14(18)13-11(15)3-2-4-12(13)17/h2-7H,1H3. The molecule has 2 rings (SSSR count). The zero-order valence-electron chi connectivity index (χ0n) is 9.51. The summed E-state index contributed by atoms with van der Waals surface area (Å²) in [5.74, 6) is -0.132. The lowest BCUT2D eigenvalue weighted by Crippen LogP contribution is -2.05. The monoisotopic (exact) mass is 342 g/mol. The second-order valence-electron chi connectivity index (χ2n) is 3.89. The van der Waals surface area contributed by atoms with Gasteiger partial charge in [0.1, 0.15) is 0 Å². The Labute approximate surface area is 124 Å². The maximum Gasteiger partial charge on any atom is 0.195 e. The summed E-state index contributed by atoms with van der Waals surface area (Å²) < 4.78 is 0.680. The highest BCUT2D eigenvalue weighted by Gasteiger charge is 2.18. The van der Waals surface area contributed by atoms with Crippen LogP contribution >= 0.6 is 39.1 Å². The van der Waals surface area contributed by atoms with Gasteiger partial charge in [-0.2, -0.15) is 0 Å². The first-order valence-corrected chi connectivity index (χ1v) is 6.80.